The van der Waals surface area contributed by atoms with Gasteiger partial charge in [0.15, 0.2) is 5.11 Å². The van der Waals surface area contributed by atoms with E-state index in [1.807, 2.05) is 18.2 Å². The van der Waals surface area contributed by atoms with E-state index in [2.05, 4.69) is 10.3 Å². The first-order valence-corrected chi connectivity index (χ1v) is 11.6. The molecule has 0 bridgehead atoms. The molecule has 0 saturated carbocycles. The molecule has 3 heterocycles. The van der Waals surface area contributed by atoms with Crippen LogP contribution in [0.25, 0.3) is 11.3 Å². The highest BCUT2D eigenvalue weighted by atomic mass is 35.5. The predicted octanol–water partition coefficient (Wildman–Crippen LogP) is 6.23. The van der Waals surface area contributed by atoms with E-state index in [4.69, 9.17) is 39.8 Å². The predicted molar refractivity (Wildman–Crippen MR) is 137 cm³/mol. The molecule has 35 heavy (non-hydrogen) atoms. The molecule has 1 aliphatic rings. The van der Waals surface area contributed by atoms with Crippen molar-refractivity contribution < 1.29 is 19.4 Å². The second-order valence-electron chi connectivity index (χ2n) is 7.83. The fourth-order valence-corrected chi connectivity index (χ4v) is 4.81. The molecule has 0 aliphatic carbocycles. The first-order valence-electron chi connectivity index (χ1n) is 10.5. The molecule has 2 atom stereocenters. The second-order valence-corrected chi connectivity index (χ2v) is 9.06. The smallest absolute Gasteiger partial charge is 0.335 e. The highest BCUT2D eigenvalue weighted by molar-refractivity contribution is 7.80. The van der Waals surface area contributed by atoms with Crippen LogP contribution < -0.4 is 10.2 Å². The number of anilines is 1. The molecule has 176 valence electrons. The molecule has 3 N–H and O–H groups in total. The SMILES string of the molecule is O=C(O)c1ccc(Cl)c(-c2ccc([C@H]3[C@H](c4ccccn4)NC(=S)N3c3cc(Cl)ccc3O)o2)c1. The summed E-state index contributed by atoms with van der Waals surface area (Å²) < 4.78 is 6.23. The minimum atomic E-state index is -1.07. The molecular weight excluding hydrogens is 509 g/mol. The number of hydrogen-bond donors (Lipinski definition) is 3. The van der Waals surface area contributed by atoms with E-state index in [0.29, 0.717) is 43.6 Å². The van der Waals surface area contributed by atoms with E-state index in [9.17, 15) is 15.0 Å². The molecule has 1 fully saturated rings. The van der Waals surface area contributed by atoms with Crippen molar-refractivity contribution in [2.24, 2.45) is 0 Å². The molecule has 0 radical (unpaired) electrons. The van der Waals surface area contributed by atoms with Crippen LogP contribution >= 0.6 is 35.4 Å². The van der Waals surface area contributed by atoms with Crippen molar-refractivity contribution in [2.45, 2.75) is 12.1 Å². The number of carbonyl (C=O) groups is 1. The Labute approximate surface area is 215 Å². The summed E-state index contributed by atoms with van der Waals surface area (Å²) in [4.78, 5) is 17.7. The minimum absolute atomic E-state index is 0.00537. The van der Waals surface area contributed by atoms with Gasteiger partial charge in [0, 0.05) is 16.8 Å². The summed E-state index contributed by atoms with van der Waals surface area (Å²) in [5.41, 5.74) is 1.65. The Bertz CT molecular complexity index is 1440. The summed E-state index contributed by atoms with van der Waals surface area (Å²) in [5.74, 6) is -0.188. The summed E-state index contributed by atoms with van der Waals surface area (Å²) in [6, 6.07) is 17.2. The number of phenolic OH excluding ortho intramolecular Hbond substituents is 1. The van der Waals surface area contributed by atoms with Gasteiger partial charge in [0.25, 0.3) is 0 Å². The lowest BCUT2D eigenvalue weighted by atomic mass is 10.0. The zero-order chi connectivity index (χ0) is 24.7. The Morgan fingerprint density at radius 3 is 2.66 bits per heavy atom. The third kappa shape index (κ3) is 4.32. The quantitative estimate of drug-likeness (QED) is 0.263. The zero-order valence-electron chi connectivity index (χ0n) is 17.9. The molecule has 7 nitrogen and oxygen atoms in total. The van der Waals surface area contributed by atoms with Crippen LogP contribution in [0.15, 0.2) is 77.3 Å². The molecule has 2 aromatic carbocycles. The Balaban J connectivity index is 1.64. The lowest BCUT2D eigenvalue weighted by Crippen LogP contribution is -2.29. The summed E-state index contributed by atoms with van der Waals surface area (Å²) in [6.07, 6.45) is 1.68. The van der Waals surface area contributed by atoms with Gasteiger partial charge >= 0.3 is 5.97 Å². The summed E-state index contributed by atoms with van der Waals surface area (Å²) in [5, 5.41) is 24.4. The van der Waals surface area contributed by atoms with Gasteiger partial charge in [0.2, 0.25) is 0 Å². The van der Waals surface area contributed by atoms with Gasteiger partial charge < -0.3 is 24.8 Å². The number of carboxylic acids is 1. The summed E-state index contributed by atoms with van der Waals surface area (Å²) >= 11 is 18.2. The highest BCUT2D eigenvalue weighted by Gasteiger charge is 2.43. The lowest BCUT2D eigenvalue weighted by molar-refractivity contribution is 0.0697. The van der Waals surface area contributed by atoms with E-state index in [1.165, 1.54) is 24.3 Å². The van der Waals surface area contributed by atoms with Gasteiger partial charge in [-0.2, -0.15) is 0 Å². The van der Waals surface area contributed by atoms with Gasteiger partial charge in [-0.1, -0.05) is 29.3 Å². The molecule has 4 aromatic rings. The molecule has 5 rings (SSSR count). The third-order valence-corrected chi connectivity index (χ3v) is 6.57. The van der Waals surface area contributed by atoms with Crippen molar-refractivity contribution in [1.82, 2.24) is 10.3 Å². The van der Waals surface area contributed by atoms with Gasteiger partial charge in [-0.25, -0.2) is 4.79 Å². The molecule has 0 amide bonds. The number of benzene rings is 2. The number of aromatic carboxylic acids is 1. The van der Waals surface area contributed by atoms with Crippen LogP contribution in [0.3, 0.4) is 0 Å². The summed E-state index contributed by atoms with van der Waals surface area (Å²) in [6.45, 7) is 0. The number of furan rings is 1. The van der Waals surface area contributed by atoms with Gasteiger partial charge in [0.05, 0.1) is 28.0 Å². The van der Waals surface area contributed by atoms with E-state index < -0.39 is 18.1 Å². The number of nitrogens with zero attached hydrogens (tertiary/aromatic N) is 2. The van der Waals surface area contributed by atoms with E-state index in [0.717, 1.165) is 0 Å². The maximum absolute atomic E-state index is 11.5. The average Bonchev–Trinajstić information content (AvgIpc) is 3.46. The van der Waals surface area contributed by atoms with Crippen LogP contribution in [0, 0.1) is 0 Å². The van der Waals surface area contributed by atoms with Crippen molar-refractivity contribution >= 4 is 52.2 Å². The first kappa shape index (κ1) is 23.2. The van der Waals surface area contributed by atoms with Crippen molar-refractivity contribution in [3.8, 4) is 17.1 Å². The number of aromatic hydroxyl groups is 1. The van der Waals surface area contributed by atoms with Crippen LogP contribution in [0.4, 0.5) is 5.69 Å². The van der Waals surface area contributed by atoms with E-state index >= 15 is 0 Å². The monoisotopic (exact) mass is 525 g/mol. The number of rotatable bonds is 5. The van der Waals surface area contributed by atoms with Crippen molar-refractivity contribution in [1.29, 1.82) is 0 Å². The van der Waals surface area contributed by atoms with Crippen molar-refractivity contribution in [2.75, 3.05) is 4.90 Å². The molecule has 0 unspecified atom stereocenters. The number of halogens is 2. The zero-order valence-corrected chi connectivity index (χ0v) is 20.2. The Kier molecular flexibility index (Phi) is 6.10. The Morgan fingerprint density at radius 1 is 1.09 bits per heavy atom. The standard InChI is InChI=1S/C25H17Cl2N3O4S/c26-14-5-7-19(31)18(12-14)30-23(22(29-25(30)35)17-3-1-2-10-28-17)21-9-8-20(34-21)15-11-13(24(32)33)4-6-16(15)27/h1-12,22-23,31H,(H,29,35)(H,32,33)/t22-,23-/m0/s1. The van der Waals surface area contributed by atoms with Crippen molar-refractivity contribution in [3.05, 3.63) is 100.0 Å². The fraction of sp³-hybridized carbons (Fsp3) is 0.0800. The number of carboxylic acid groups (broad SMARTS) is 1. The molecule has 1 saturated heterocycles. The largest absolute Gasteiger partial charge is 0.506 e. The highest BCUT2D eigenvalue weighted by Crippen LogP contribution is 2.46. The van der Waals surface area contributed by atoms with Crippen LogP contribution in [0.2, 0.25) is 10.0 Å². The minimum Gasteiger partial charge on any atom is -0.506 e. The molecular formula is C25H17Cl2N3O4S. The van der Waals surface area contributed by atoms with Crippen LogP contribution in [0.5, 0.6) is 5.75 Å². The topological polar surface area (TPSA) is 98.8 Å². The molecule has 1 aliphatic heterocycles. The number of aromatic nitrogens is 1. The summed E-state index contributed by atoms with van der Waals surface area (Å²) in [7, 11) is 0. The average molecular weight is 526 g/mol. The lowest BCUT2D eigenvalue weighted by Gasteiger charge is -2.26. The van der Waals surface area contributed by atoms with Gasteiger partial charge in [-0.3, -0.25) is 4.98 Å². The fourth-order valence-electron chi connectivity index (χ4n) is 4.10. The normalized spacial score (nSPS) is 17.4. The number of nitrogens with one attached hydrogen (secondary N) is 1. The van der Waals surface area contributed by atoms with Crippen LogP contribution in [-0.4, -0.2) is 26.3 Å². The second kappa shape index (κ2) is 9.22. The van der Waals surface area contributed by atoms with Crippen LogP contribution in [-0.2, 0) is 0 Å². The van der Waals surface area contributed by atoms with Gasteiger partial charge in [-0.15, -0.1) is 0 Å². The van der Waals surface area contributed by atoms with E-state index in [-0.39, 0.29) is 11.3 Å². The number of hydrogen-bond acceptors (Lipinski definition) is 5. The Morgan fingerprint density at radius 2 is 1.91 bits per heavy atom. The van der Waals surface area contributed by atoms with E-state index in [1.54, 1.807) is 35.4 Å². The molecule has 2 aromatic heterocycles. The van der Waals surface area contributed by atoms with Crippen LogP contribution in [0.1, 0.15) is 33.9 Å². The molecule has 0 spiro atoms. The maximum Gasteiger partial charge on any atom is 0.335 e. The first-order chi connectivity index (χ1) is 16.8. The van der Waals surface area contributed by atoms with Gasteiger partial charge in [-0.05, 0) is 72.9 Å². The Hall–Kier alpha value is -3.59. The molecule has 10 heteroatoms. The van der Waals surface area contributed by atoms with Gasteiger partial charge in [0.1, 0.15) is 23.3 Å². The number of phenols is 1. The van der Waals surface area contributed by atoms with Crippen molar-refractivity contribution in [3.63, 3.8) is 0 Å². The third-order valence-electron chi connectivity index (χ3n) is 5.69. The maximum atomic E-state index is 11.5. The number of pyridine rings is 1. The number of thiocarbonyl (C=S) groups is 1.